The summed E-state index contributed by atoms with van der Waals surface area (Å²) in [6.07, 6.45) is 0. The molecule has 1 N–H and O–H groups in total. The second-order valence-corrected chi connectivity index (χ2v) is 11.5. The number of benzene rings is 3. The zero-order valence-corrected chi connectivity index (χ0v) is 22.6. The zero-order chi connectivity index (χ0) is 25.4. The van der Waals surface area contributed by atoms with Gasteiger partial charge in [0.15, 0.2) is 0 Å². The molecule has 35 heavy (non-hydrogen) atoms. The maximum Gasteiger partial charge on any atom is 0.264 e. The van der Waals surface area contributed by atoms with Crippen molar-refractivity contribution in [2.75, 3.05) is 30.3 Å². The smallest absolute Gasteiger partial charge is 0.264 e. The van der Waals surface area contributed by atoms with Gasteiger partial charge in [-0.05, 0) is 48.0 Å². The fourth-order valence-corrected chi connectivity index (χ4v) is 6.22. The van der Waals surface area contributed by atoms with Gasteiger partial charge in [0.2, 0.25) is 5.91 Å². The van der Waals surface area contributed by atoms with E-state index in [1.165, 1.54) is 25.3 Å². The minimum Gasteiger partial charge on any atom is -0.495 e. The van der Waals surface area contributed by atoms with Crippen LogP contribution in [0.25, 0.3) is 0 Å². The van der Waals surface area contributed by atoms with E-state index >= 15 is 0 Å². The predicted molar refractivity (Wildman–Crippen MR) is 145 cm³/mol. The molecule has 0 unspecified atom stereocenters. The van der Waals surface area contributed by atoms with Crippen LogP contribution in [-0.4, -0.2) is 40.3 Å². The van der Waals surface area contributed by atoms with Crippen molar-refractivity contribution in [1.29, 1.82) is 0 Å². The molecule has 11 heteroatoms. The van der Waals surface area contributed by atoms with Crippen LogP contribution >= 0.6 is 46.6 Å². The predicted octanol–water partition coefficient (Wildman–Crippen LogP) is 5.90. The molecule has 0 fully saturated rings. The SMILES string of the molecule is COc1ccc(N(CC(=O)NCCSCc2ccc(Cl)cc2Cl)S(=O)(=O)c2ccccc2)cc1Cl. The molecule has 0 aromatic heterocycles. The molecule has 186 valence electrons. The molecular formula is C24H23Cl3N2O4S2. The number of nitrogens with one attached hydrogen (secondary N) is 1. The molecule has 0 saturated carbocycles. The van der Waals surface area contributed by atoms with Crippen molar-refractivity contribution in [3.05, 3.63) is 87.4 Å². The van der Waals surface area contributed by atoms with Gasteiger partial charge >= 0.3 is 0 Å². The van der Waals surface area contributed by atoms with E-state index in [0.717, 1.165) is 9.87 Å². The summed E-state index contributed by atoms with van der Waals surface area (Å²) in [4.78, 5) is 12.8. The summed E-state index contributed by atoms with van der Waals surface area (Å²) in [6.45, 7) is -0.0507. The van der Waals surface area contributed by atoms with Crippen LogP contribution in [0.2, 0.25) is 15.1 Å². The van der Waals surface area contributed by atoms with Crippen LogP contribution in [0.4, 0.5) is 5.69 Å². The lowest BCUT2D eigenvalue weighted by Gasteiger charge is -2.24. The number of thioether (sulfide) groups is 1. The Morgan fingerprint density at radius 2 is 1.74 bits per heavy atom. The maximum absolute atomic E-state index is 13.4. The summed E-state index contributed by atoms with van der Waals surface area (Å²) in [5.41, 5.74) is 1.20. The lowest BCUT2D eigenvalue weighted by atomic mass is 10.2. The van der Waals surface area contributed by atoms with Gasteiger partial charge < -0.3 is 10.1 Å². The van der Waals surface area contributed by atoms with E-state index < -0.39 is 22.5 Å². The number of sulfonamides is 1. The fourth-order valence-electron chi connectivity index (χ4n) is 3.11. The Balaban J connectivity index is 1.67. The number of hydrogen-bond acceptors (Lipinski definition) is 5. The molecule has 0 saturated heterocycles. The summed E-state index contributed by atoms with van der Waals surface area (Å²) >= 11 is 19.9. The molecule has 0 spiro atoms. The van der Waals surface area contributed by atoms with Gasteiger partial charge in [-0.25, -0.2) is 8.42 Å². The maximum atomic E-state index is 13.4. The van der Waals surface area contributed by atoms with Gasteiger partial charge in [-0.2, -0.15) is 11.8 Å². The van der Waals surface area contributed by atoms with Crippen LogP contribution in [0.5, 0.6) is 5.75 Å². The van der Waals surface area contributed by atoms with Crippen molar-refractivity contribution in [1.82, 2.24) is 5.32 Å². The standard InChI is InChI=1S/C24H23Cl3N2O4S2/c1-33-23-10-9-19(14-22(23)27)29(35(31,32)20-5-3-2-4-6-20)15-24(30)28-11-12-34-16-17-7-8-18(25)13-21(17)26/h2-10,13-14H,11-12,15-16H2,1H3,(H,28,30). The zero-order valence-electron chi connectivity index (χ0n) is 18.7. The molecule has 0 heterocycles. The van der Waals surface area contributed by atoms with Crippen molar-refractivity contribution in [2.24, 2.45) is 0 Å². The molecule has 0 atom stereocenters. The Hall–Kier alpha value is -2.10. The summed E-state index contributed by atoms with van der Waals surface area (Å²) in [5.74, 6) is 1.23. The Kier molecular flexibility index (Phi) is 10.0. The molecule has 6 nitrogen and oxygen atoms in total. The number of nitrogens with zero attached hydrogens (tertiary/aromatic N) is 1. The molecular weight excluding hydrogens is 551 g/mol. The van der Waals surface area contributed by atoms with Gasteiger partial charge in [0.25, 0.3) is 10.0 Å². The van der Waals surface area contributed by atoms with Crippen molar-refractivity contribution in [2.45, 2.75) is 10.6 Å². The van der Waals surface area contributed by atoms with Crippen LogP contribution < -0.4 is 14.4 Å². The first-order valence-corrected chi connectivity index (χ1v) is 14.1. The molecule has 3 rings (SSSR count). The van der Waals surface area contributed by atoms with Crippen molar-refractivity contribution in [3.63, 3.8) is 0 Å². The average Bonchev–Trinajstić information content (AvgIpc) is 2.84. The first kappa shape index (κ1) is 27.5. The van der Waals surface area contributed by atoms with E-state index in [2.05, 4.69) is 5.32 Å². The molecule has 0 aliphatic carbocycles. The van der Waals surface area contributed by atoms with Crippen molar-refractivity contribution >= 4 is 68.2 Å². The fraction of sp³-hybridized carbons (Fsp3) is 0.208. The number of hydrogen-bond donors (Lipinski definition) is 1. The highest BCUT2D eigenvalue weighted by atomic mass is 35.5. The Bertz CT molecular complexity index is 1280. The van der Waals surface area contributed by atoms with Gasteiger partial charge in [0, 0.05) is 28.1 Å². The number of carbonyl (C=O) groups is 1. The van der Waals surface area contributed by atoms with Crippen LogP contribution in [0, 0.1) is 0 Å². The van der Waals surface area contributed by atoms with E-state index in [1.54, 1.807) is 54.2 Å². The van der Waals surface area contributed by atoms with Gasteiger partial charge in [0.05, 0.1) is 22.7 Å². The quantitative estimate of drug-likeness (QED) is 0.289. The lowest BCUT2D eigenvalue weighted by molar-refractivity contribution is -0.119. The van der Waals surface area contributed by atoms with Crippen molar-refractivity contribution < 1.29 is 17.9 Å². The Morgan fingerprint density at radius 3 is 2.40 bits per heavy atom. The summed E-state index contributed by atoms with van der Waals surface area (Å²) in [7, 11) is -2.56. The number of ether oxygens (including phenoxy) is 1. The second-order valence-electron chi connectivity index (χ2n) is 7.28. The summed E-state index contributed by atoms with van der Waals surface area (Å²) in [5, 5.41) is 4.17. The summed E-state index contributed by atoms with van der Waals surface area (Å²) in [6, 6.07) is 17.8. The van der Waals surface area contributed by atoms with Crippen LogP contribution in [0.3, 0.4) is 0 Å². The van der Waals surface area contributed by atoms with Gasteiger partial charge in [-0.1, -0.05) is 59.1 Å². The number of anilines is 1. The highest BCUT2D eigenvalue weighted by molar-refractivity contribution is 7.98. The molecule has 0 aliphatic heterocycles. The normalized spacial score (nSPS) is 11.2. The minimum absolute atomic E-state index is 0.0649. The third-order valence-corrected chi connectivity index (χ3v) is 8.56. The Labute approximate surface area is 224 Å². The monoisotopic (exact) mass is 572 g/mol. The molecule has 0 radical (unpaired) electrons. The highest BCUT2D eigenvalue weighted by Gasteiger charge is 2.27. The van der Waals surface area contributed by atoms with Crippen LogP contribution in [-0.2, 0) is 20.6 Å². The van der Waals surface area contributed by atoms with E-state index in [4.69, 9.17) is 39.5 Å². The first-order valence-electron chi connectivity index (χ1n) is 10.4. The highest BCUT2D eigenvalue weighted by Crippen LogP contribution is 2.32. The number of amides is 1. The molecule has 3 aromatic rings. The third kappa shape index (κ3) is 7.44. The van der Waals surface area contributed by atoms with Gasteiger partial charge in [0.1, 0.15) is 12.3 Å². The molecule has 0 bridgehead atoms. The first-order chi connectivity index (χ1) is 16.7. The number of methoxy groups -OCH3 is 1. The van der Waals surface area contributed by atoms with E-state index in [9.17, 15) is 13.2 Å². The van der Waals surface area contributed by atoms with Crippen LogP contribution in [0.1, 0.15) is 5.56 Å². The van der Waals surface area contributed by atoms with E-state index in [0.29, 0.717) is 33.8 Å². The Morgan fingerprint density at radius 1 is 1.00 bits per heavy atom. The number of halogens is 3. The molecule has 1 amide bonds. The number of carbonyl (C=O) groups excluding carboxylic acids is 1. The second kappa shape index (κ2) is 12.7. The van der Waals surface area contributed by atoms with E-state index in [-0.39, 0.29) is 15.6 Å². The summed E-state index contributed by atoms with van der Waals surface area (Å²) < 4.78 is 32.9. The van der Waals surface area contributed by atoms with Gasteiger partial charge in [-0.3, -0.25) is 9.10 Å². The van der Waals surface area contributed by atoms with Crippen molar-refractivity contribution in [3.8, 4) is 5.75 Å². The average molecular weight is 574 g/mol. The number of rotatable bonds is 11. The largest absolute Gasteiger partial charge is 0.495 e. The minimum atomic E-state index is -4.02. The van der Waals surface area contributed by atoms with Gasteiger partial charge in [-0.15, -0.1) is 0 Å². The topological polar surface area (TPSA) is 75.7 Å². The molecule has 3 aromatic carbocycles. The third-order valence-electron chi connectivity index (χ3n) is 4.88. The lowest BCUT2D eigenvalue weighted by Crippen LogP contribution is -2.41. The molecule has 0 aliphatic rings. The van der Waals surface area contributed by atoms with E-state index in [1.807, 2.05) is 6.07 Å². The van der Waals surface area contributed by atoms with Crippen LogP contribution in [0.15, 0.2) is 71.6 Å².